The fourth-order valence-electron chi connectivity index (χ4n) is 1.98. The molecule has 3 heteroatoms. The zero-order valence-corrected chi connectivity index (χ0v) is 12.4. The Kier molecular flexibility index (Phi) is 4.80. The Bertz CT molecular complexity index is 605. The number of hydrogen-bond acceptors (Lipinski definition) is 1. The molecule has 0 saturated carbocycles. The van der Waals surface area contributed by atoms with E-state index in [1.54, 1.807) is 0 Å². The van der Waals surface area contributed by atoms with Gasteiger partial charge in [0.15, 0.2) is 0 Å². The Balaban J connectivity index is 2.00. The molecule has 2 aromatic rings. The third-order valence-corrected chi connectivity index (χ3v) is 3.57. The molecule has 0 saturated heterocycles. The second-order valence-corrected chi connectivity index (χ2v) is 5.14. The summed E-state index contributed by atoms with van der Waals surface area (Å²) in [4.78, 5) is 10.9. The molecule has 0 heterocycles. The van der Waals surface area contributed by atoms with Gasteiger partial charge in [0.25, 0.3) is 0 Å². The molecule has 103 valence electrons. The summed E-state index contributed by atoms with van der Waals surface area (Å²) in [5.41, 5.74) is 4.13. The first-order valence-electron chi connectivity index (χ1n) is 6.51. The monoisotopic (exact) mass is 286 g/mol. The number of rotatable bonds is 4. The zero-order valence-electron chi connectivity index (χ0n) is 11.6. The van der Waals surface area contributed by atoms with Crippen LogP contribution in [0.1, 0.15) is 23.6 Å². The summed E-state index contributed by atoms with van der Waals surface area (Å²) in [5.74, 6) is -0.0594. The molecule has 0 unspecified atom stereocenters. The lowest BCUT2D eigenvalue weighted by atomic mass is 10.0. The van der Waals surface area contributed by atoms with Crippen molar-refractivity contribution in [2.24, 2.45) is 0 Å². The molecule has 1 N–H and O–H groups in total. The van der Waals surface area contributed by atoms with Crippen LogP contribution in [0.2, 0.25) is 5.02 Å². The first kappa shape index (κ1) is 14.6. The molecular weight excluding hydrogens is 270 g/mol. The van der Waals surface area contributed by atoms with Gasteiger partial charge in [-0.1, -0.05) is 41.9 Å². The lowest BCUT2D eigenvalue weighted by molar-refractivity contribution is -0.114. The van der Waals surface area contributed by atoms with Gasteiger partial charge in [-0.05, 0) is 48.6 Å². The van der Waals surface area contributed by atoms with Crippen molar-refractivity contribution in [2.45, 2.75) is 20.3 Å². The second kappa shape index (κ2) is 6.58. The van der Waals surface area contributed by atoms with Gasteiger partial charge in [-0.15, -0.1) is 0 Å². The number of benzene rings is 2. The molecular formula is C17H17ClNO. The highest BCUT2D eigenvalue weighted by Gasteiger charge is 2.04. The van der Waals surface area contributed by atoms with E-state index in [-0.39, 0.29) is 5.91 Å². The molecule has 0 aliphatic carbocycles. The fourth-order valence-corrected chi connectivity index (χ4v) is 2.19. The van der Waals surface area contributed by atoms with Crippen molar-refractivity contribution in [2.75, 3.05) is 5.32 Å². The smallest absolute Gasteiger partial charge is 0.221 e. The van der Waals surface area contributed by atoms with Crippen LogP contribution in [0.5, 0.6) is 0 Å². The van der Waals surface area contributed by atoms with E-state index in [1.807, 2.05) is 49.4 Å². The van der Waals surface area contributed by atoms with Crippen LogP contribution in [-0.4, -0.2) is 5.91 Å². The highest BCUT2D eigenvalue weighted by Crippen LogP contribution is 2.23. The number of anilines is 1. The van der Waals surface area contributed by atoms with Crippen molar-refractivity contribution in [3.8, 4) is 0 Å². The molecule has 2 nitrogen and oxygen atoms in total. The molecule has 1 radical (unpaired) electrons. The minimum absolute atomic E-state index is 0.0594. The minimum atomic E-state index is -0.0594. The van der Waals surface area contributed by atoms with E-state index in [0.29, 0.717) is 0 Å². The lowest BCUT2D eigenvalue weighted by Gasteiger charge is -2.07. The lowest BCUT2D eigenvalue weighted by Crippen LogP contribution is -2.05. The standard InChI is InChI=1S/C17H17ClNO/c1-12-4-3-5-15(17(12)18)9-6-14-7-10-16(11-8-14)19-13(2)20/h3-5,7-11H,6H2,1-2H3,(H,19,20). The van der Waals surface area contributed by atoms with Gasteiger partial charge in [0, 0.05) is 17.6 Å². The summed E-state index contributed by atoms with van der Waals surface area (Å²) >= 11 is 6.26. The summed E-state index contributed by atoms with van der Waals surface area (Å²) in [7, 11) is 0. The van der Waals surface area contributed by atoms with E-state index in [0.717, 1.165) is 28.3 Å². The number of amides is 1. The largest absolute Gasteiger partial charge is 0.326 e. The molecule has 2 aromatic carbocycles. The molecule has 0 aliphatic rings. The molecule has 0 bridgehead atoms. The van der Waals surface area contributed by atoms with Gasteiger partial charge in [0.05, 0.1) is 0 Å². The van der Waals surface area contributed by atoms with E-state index in [4.69, 9.17) is 11.6 Å². The van der Waals surface area contributed by atoms with E-state index in [1.165, 1.54) is 12.5 Å². The van der Waals surface area contributed by atoms with Crippen LogP contribution in [0.25, 0.3) is 0 Å². The highest BCUT2D eigenvalue weighted by molar-refractivity contribution is 6.32. The number of halogens is 1. The van der Waals surface area contributed by atoms with Crippen LogP contribution in [0.4, 0.5) is 5.69 Å². The topological polar surface area (TPSA) is 29.1 Å². The van der Waals surface area contributed by atoms with Gasteiger partial charge in [-0.2, -0.15) is 0 Å². The normalized spacial score (nSPS) is 10.3. The van der Waals surface area contributed by atoms with E-state index < -0.39 is 0 Å². The highest BCUT2D eigenvalue weighted by atomic mass is 35.5. The number of carbonyl (C=O) groups is 1. The van der Waals surface area contributed by atoms with Crippen LogP contribution in [0.3, 0.4) is 0 Å². The van der Waals surface area contributed by atoms with Crippen molar-refractivity contribution in [1.29, 1.82) is 0 Å². The van der Waals surface area contributed by atoms with Gasteiger partial charge in [0.1, 0.15) is 0 Å². The van der Waals surface area contributed by atoms with Crippen molar-refractivity contribution >= 4 is 23.2 Å². The van der Waals surface area contributed by atoms with Crippen LogP contribution in [-0.2, 0) is 11.2 Å². The summed E-state index contributed by atoms with van der Waals surface area (Å²) in [6.07, 6.45) is 2.92. The first-order valence-corrected chi connectivity index (χ1v) is 6.89. The van der Waals surface area contributed by atoms with E-state index in [2.05, 4.69) is 11.7 Å². The summed E-state index contributed by atoms with van der Waals surface area (Å²) < 4.78 is 0. The number of aryl methyl sites for hydroxylation is 1. The van der Waals surface area contributed by atoms with Crippen molar-refractivity contribution < 1.29 is 4.79 Å². The van der Waals surface area contributed by atoms with Crippen molar-refractivity contribution in [1.82, 2.24) is 0 Å². The third kappa shape index (κ3) is 3.84. The average molecular weight is 287 g/mol. The number of carbonyl (C=O) groups excluding carboxylic acids is 1. The second-order valence-electron chi connectivity index (χ2n) is 4.76. The summed E-state index contributed by atoms with van der Waals surface area (Å²) in [6.45, 7) is 3.50. The number of hydrogen-bond donors (Lipinski definition) is 1. The Hall–Kier alpha value is -1.80. The van der Waals surface area contributed by atoms with E-state index >= 15 is 0 Å². The third-order valence-electron chi connectivity index (χ3n) is 3.05. The predicted octanol–water partition coefficient (Wildman–Crippen LogP) is 4.40. The Morgan fingerprint density at radius 2 is 1.90 bits per heavy atom. The number of nitrogens with one attached hydrogen (secondary N) is 1. The molecule has 0 atom stereocenters. The van der Waals surface area contributed by atoms with Gasteiger partial charge in [-0.3, -0.25) is 4.79 Å². The van der Waals surface area contributed by atoms with Crippen LogP contribution >= 0.6 is 11.6 Å². The van der Waals surface area contributed by atoms with Gasteiger partial charge in [0.2, 0.25) is 5.91 Å². The first-order chi connectivity index (χ1) is 9.56. The Labute approximate surface area is 124 Å². The zero-order chi connectivity index (χ0) is 14.5. The molecule has 1 amide bonds. The minimum Gasteiger partial charge on any atom is -0.326 e. The van der Waals surface area contributed by atoms with Crippen molar-refractivity contribution in [3.63, 3.8) is 0 Å². The quantitative estimate of drug-likeness (QED) is 0.887. The predicted molar refractivity (Wildman–Crippen MR) is 84.0 cm³/mol. The van der Waals surface area contributed by atoms with Crippen LogP contribution in [0.15, 0.2) is 42.5 Å². The van der Waals surface area contributed by atoms with Crippen LogP contribution < -0.4 is 5.32 Å². The molecule has 0 fully saturated rings. The fraction of sp³-hybridized carbons (Fsp3) is 0.176. The van der Waals surface area contributed by atoms with Gasteiger partial charge >= 0.3 is 0 Å². The van der Waals surface area contributed by atoms with Crippen molar-refractivity contribution in [3.05, 3.63) is 70.6 Å². The molecule has 20 heavy (non-hydrogen) atoms. The summed E-state index contributed by atoms with van der Waals surface area (Å²) in [6, 6.07) is 13.8. The Morgan fingerprint density at radius 1 is 1.20 bits per heavy atom. The SMILES string of the molecule is CC(=O)Nc1ccc(C[CH]c2cccc(C)c2Cl)cc1. The average Bonchev–Trinajstić information content (AvgIpc) is 2.41. The van der Waals surface area contributed by atoms with Crippen LogP contribution in [0, 0.1) is 13.3 Å². The molecule has 0 aliphatic heterocycles. The molecule has 0 aromatic heterocycles. The van der Waals surface area contributed by atoms with E-state index in [9.17, 15) is 4.79 Å². The molecule has 2 rings (SSSR count). The Morgan fingerprint density at radius 3 is 2.55 bits per heavy atom. The molecule has 0 spiro atoms. The maximum absolute atomic E-state index is 10.9. The maximum atomic E-state index is 10.9. The van der Waals surface area contributed by atoms with Gasteiger partial charge < -0.3 is 5.32 Å². The maximum Gasteiger partial charge on any atom is 0.221 e. The summed E-state index contributed by atoms with van der Waals surface area (Å²) in [5, 5.41) is 3.56. The van der Waals surface area contributed by atoms with Gasteiger partial charge in [-0.25, -0.2) is 0 Å².